The third-order valence-electron chi connectivity index (χ3n) is 3.78. The van der Waals surface area contributed by atoms with Crippen LogP contribution in [0.15, 0.2) is 71.2 Å². The Morgan fingerprint density at radius 3 is 2.46 bits per heavy atom. The lowest BCUT2D eigenvalue weighted by Crippen LogP contribution is -2.21. The molecule has 0 spiro atoms. The number of halogens is 1. The molecule has 132 valence electrons. The molecule has 1 N–H and O–H groups in total. The summed E-state index contributed by atoms with van der Waals surface area (Å²) in [6, 6.07) is 14.0. The molecule has 0 unspecified atom stereocenters. The topological polar surface area (TPSA) is 46.9 Å². The molecule has 3 rings (SSSR count). The van der Waals surface area contributed by atoms with Crippen molar-refractivity contribution >= 4 is 17.7 Å². The van der Waals surface area contributed by atoms with Gasteiger partial charge in [-0.3, -0.25) is 9.48 Å². The summed E-state index contributed by atoms with van der Waals surface area (Å²) in [6.07, 6.45) is 1.71. The molecule has 1 aromatic heterocycles. The van der Waals surface area contributed by atoms with Crippen molar-refractivity contribution in [2.75, 3.05) is 0 Å². The maximum absolute atomic E-state index is 13.1. The van der Waals surface area contributed by atoms with E-state index in [1.54, 1.807) is 36.1 Å². The zero-order chi connectivity index (χ0) is 18.7. The van der Waals surface area contributed by atoms with Crippen LogP contribution < -0.4 is 5.32 Å². The molecule has 0 aliphatic carbocycles. The monoisotopic (exact) mass is 367 g/mol. The largest absolute Gasteiger partial charge is 0.315 e. The second kappa shape index (κ2) is 7.58. The number of hydrogen-bond acceptors (Lipinski definition) is 3. The molecule has 0 aliphatic heterocycles. The molecule has 0 fully saturated rings. The number of nitrogens with one attached hydrogen (secondary N) is 1. The molecule has 1 amide bonds. The minimum Gasteiger partial charge on any atom is -0.315 e. The summed E-state index contributed by atoms with van der Waals surface area (Å²) >= 11 is 1.39. The third kappa shape index (κ3) is 4.21. The summed E-state index contributed by atoms with van der Waals surface area (Å²) in [5, 5.41) is 7.34. The summed E-state index contributed by atoms with van der Waals surface area (Å²) in [6.45, 7) is 5.90. The average molecular weight is 367 g/mol. The molecule has 4 nitrogen and oxygen atoms in total. The molecule has 0 bridgehead atoms. The lowest BCUT2D eigenvalue weighted by Gasteiger charge is -2.11. The summed E-state index contributed by atoms with van der Waals surface area (Å²) in [5.74, 6) is -0.540. The van der Waals surface area contributed by atoms with Gasteiger partial charge < -0.3 is 5.32 Å². The van der Waals surface area contributed by atoms with Gasteiger partial charge >= 0.3 is 0 Å². The molecule has 1 heterocycles. The molecule has 3 aromatic rings. The van der Waals surface area contributed by atoms with Crippen LogP contribution in [0.25, 0.3) is 11.1 Å². The smallest absolute Gasteiger partial charge is 0.276 e. The maximum atomic E-state index is 13.1. The number of rotatable bonds is 5. The number of thioether (sulfide) groups is 1. The Labute approximate surface area is 155 Å². The molecule has 6 heteroatoms. The Bertz CT molecular complexity index is 963. The van der Waals surface area contributed by atoms with Gasteiger partial charge in [-0.2, -0.15) is 5.10 Å². The van der Waals surface area contributed by atoms with Crippen LogP contribution in [0.1, 0.15) is 16.1 Å². The van der Waals surface area contributed by atoms with E-state index in [9.17, 15) is 9.18 Å². The first-order chi connectivity index (χ1) is 12.4. The summed E-state index contributed by atoms with van der Waals surface area (Å²) in [4.78, 5) is 13.1. The highest BCUT2D eigenvalue weighted by atomic mass is 32.2. The summed E-state index contributed by atoms with van der Waals surface area (Å²) < 4.78 is 14.6. The fourth-order valence-electron chi connectivity index (χ4n) is 2.47. The first-order valence-electron chi connectivity index (χ1n) is 7.97. The Hall–Kier alpha value is -2.86. The predicted octanol–water partition coefficient (Wildman–Crippen LogP) is 4.53. The van der Waals surface area contributed by atoms with E-state index in [1.807, 2.05) is 25.1 Å². The lowest BCUT2D eigenvalue weighted by molar-refractivity contribution is 0.0963. The first-order valence-corrected chi connectivity index (χ1v) is 8.78. The van der Waals surface area contributed by atoms with Crippen LogP contribution in [0, 0.1) is 12.7 Å². The van der Waals surface area contributed by atoms with Crippen LogP contribution in [0.4, 0.5) is 4.39 Å². The minimum atomic E-state index is -0.288. The van der Waals surface area contributed by atoms with Crippen molar-refractivity contribution in [3.63, 3.8) is 0 Å². The molecule has 26 heavy (non-hydrogen) atoms. The van der Waals surface area contributed by atoms with E-state index in [0.29, 0.717) is 10.7 Å². The molecular formula is C20H18FN3OS. The normalized spacial score (nSPS) is 10.6. The number of benzene rings is 2. The van der Waals surface area contributed by atoms with Crippen molar-refractivity contribution in [3.05, 3.63) is 83.4 Å². The zero-order valence-corrected chi connectivity index (χ0v) is 15.3. The number of hydrogen-bond donors (Lipinski definition) is 1. The van der Waals surface area contributed by atoms with Crippen molar-refractivity contribution < 1.29 is 9.18 Å². The highest BCUT2D eigenvalue weighted by molar-refractivity contribution is 8.03. The van der Waals surface area contributed by atoms with Crippen molar-refractivity contribution in [1.82, 2.24) is 15.1 Å². The van der Waals surface area contributed by atoms with Gasteiger partial charge in [0.15, 0.2) is 5.69 Å². The third-order valence-corrected chi connectivity index (χ3v) is 4.81. The van der Waals surface area contributed by atoms with Crippen LogP contribution in [0.3, 0.4) is 0 Å². The van der Waals surface area contributed by atoms with Gasteiger partial charge in [-0.05, 0) is 47.9 Å². The van der Waals surface area contributed by atoms with Crippen molar-refractivity contribution in [1.29, 1.82) is 0 Å². The molecule has 2 aromatic carbocycles. The van der Waals surface area contributed by atoms with Crippen LogP contribution in [-0.4, -0.2) is 15.7 Å². The van der Waals surface area contributed by atoms with Crippen molar-refractivity contribution in [3.8, 4) is 11.1 Å². The van der Waals surface area contributed by atoms with Gasteiger partial charge in [-0.25, -0.2) is 4.39 Å². The molecule has 0 saturated carbocycles. The van der Waals surface area contributed by atoms with Crippen LogP contribution in [-0.2, 0) is 7.05 Å². The standard InChI is InChI=1S/C20H18FN3OS/c1-13-12-16(15-4-7-17(21)8-5-15)6-9-19(13)26-14(2)22-20(25)18-10-11-24(3)23-18/h4-12H,2H2,1,3H3,(H,22,25). The summed E-state index contributed by atoms with van der Waals surface area (Å²) in [5.41, 5.74) is 3.35. The predicted molar refractivity (Wildman–Crippen MR) is 102 cm³/mol. The minimum absolute atomic E-state index is 0.252. The molecule has 0 aliphatic rings. The highest BCUT2D eigenvalue weighted by Crippen LogP contribution is 2.31. The number of carbonyl (C=O) groups excluding carboxylic acids is 1. The van der Waals surface area contributed by atoms with E-state index in [0.717, 1.165) is 21.6 Å². The van der Waals surface area contributed by atoms with Crippen LogP contribution in [0.5, 0.6) is 0 Å². The quantitative estimate of drug-likeness (QED) is 0.674. The summed E-state index contributed by atoms with van der Waals surface area (Å²) in [7, 11) is 1.76. The number of nitrogens with zero attached hydrogens (tertiary/aromatic N) is 2. The first kappa shape index (κ1) is 17.9. The average Bonchev–Trinajstić information content (AvgIpc) is 3.04. The fraction of sp³-hybridized carbons (Fsp3) is 0.100. The fourth-order valence-corrected chi connectivity index (χ4v) is 3.24. The van der Waals surface area contributed by atoms with Gasteiger partial charge in [-0.15, -0.1) is 0 Å². The van der Waals surface area contributed by atoms with Crippen molar-refractivity contribution in [2.24, 2.45) is 7.05 Å². The Morgan fingerprint density at radius 2 is 1.85 bits per heavy atom. The molecule has 0 atom stereocenters. The number of carbonyl (C=O) groups is 1. The number of amides is 1. The SMILES string of the molecule is C=C(NC(=O)c1ccn(C)n1)Sc1ccc(-c2ccc(F)cc2)cc1C. The zero-order valence-electron chi connectivity index (χ0n) is 14.5. The van der Waals surface area contributed by atoms with Gasteiger partial charge in [0.05, 0.1) is 5.03 Å². The number of aryl methyl sites for hydroxylation is 2. The van der Waals surface area contributed by atoms with Crippen molar-refractivity contribution in [2.45, 2.75) is 11.8 Å². The van der Waals surface area contributed by atoms with E-state index >= 15 is 0 Å². The van der Waals surface area contributed by atoms with Gasteiger partial charge in [-0.1, -0.05) is 42.6 Å². The Kier molecular flexibility index (Phi) is 5.23. The highest BCUT2D eigenvalue weighted by Gasteiger charge is 2.11. The van der Waals surface area contributed by atoms with Gasteiger partial charge in [0.2, 0.25) is 0 Å². The Morgan fingerprint density at radius 1 is 1.15 bits per heavy atom. The second-order valence-electron chi connectivity index (χ2n) is 5.84. The van der Waals surface area contributed by atoms with E-state index < -0.39 is 0 Å². The van der Waals surface area contributed by atoms with E-state index in [1.165, 1.54) is 23.9 Å². The van der Waals surface area contributed by atoms with E-state index in [-0.39, 0.29) is 11.7 Å². The lowest BCUT2D eigenvalue weighted by atomic mass is 10.0. The number of aromatic nitrogens is 2. The van der Waals surface area contributed by atoms with Gasteiger partial charge in [0, 0.05) is 18.1 Å². The van der Waals surface area contributed by atoms with Crippen LogP contribution in [0.2, 0.25) is 0 Å². The molecule has 0 radical (unpaired) electrons. The maximum Gasteiger partial charge on any atom is 0.276 e. The Balaban J connectivity index is 1.68. The molecular weight excluding hydrogens is 349 g/mol. The second-order valence-corrected chi connectivity index (χ2v) is 6.98. The van der Waals surface area contributed by atoms with E-state index in [2.05, 4.69) is 17.0 Å². The van der Waals surface area contributed by atoms with Gasteiger partial charge in [0.25, 0.3) is 5.91 Å². The van der Waals surface area contributed by atoms with E-state index in [4.69, 9.17) is 0 Å². The van der Waals surface area contributed by atoms with Crippen LogP contribution >= 0.6 is 11.8 Å². The van der Waals surface area contributed by atoms with Gasteiger partial charge in [0.1, 0.15) is 5.82 Å². The molecule has 0 saturated heterocycles.